The molecule has 0 bridgehead atoms. The van der Waals surface area contributed by atoms with Gasteiger partial charge in [0.05, 0.1) is 12.5 Å². The summed E-state index contributed by atoms with van der Waals surface area (Å²) in [7, 11) is 0. The van der Waals surface area contributed by atoms with Crippen LogP contribution in [0, 0.1) is 5.92 Å². The minimum atomic E-state index is -0.0894. The summed E-state index contributed by atoms with van der Waals surface area (Å²) in [5.74, 6) is -0.0748. The monoisotopic (exact) mass is 206 g/mol. The largest absolute Gasteiger partial charge is 0.465 e. The molecule has 1 aromatic carbocycles. The minimum absolute atomic E-state index is 0.0146. The van der Waals surface area contributed by atoms with Gasteiger partial charge in [0.25, 0.3) is 0 Å². The summed E-state index contributed by atoms with van der Waals surface area (Å²) in [6.07, 6.45) is 1.63. The molecule has 0 fully saturated rings. The number of carbonyl (C=O) groups excluding carboxylic acids is 1. The molecule has 0 heterocycles. The first kappa shape index (κ1) is 11.8. The van der Waals surface area contributed by atoms with E-state index in [4.69, 9.17) is 4.74 Å². The van der Waals surface area contributed by atoms with Gasteiger partial charge in [-0.1, -0.05) is 44.2 Å². The smallest absolute Gasteiger partial charge is 0.308 e. The van der Waals surface area contributed by atoms with Gasteiger partial charge in [0.1, 0.15) is 0 Å². The van der Waals surface area contributed by atoms with E-state index in [-0.39, 0.29) is 11.9 Å². The Morgan fingerprint density at radius 3 is 2.60 bits per heavy atom. The van der Waals surface area contributed by atoms with Gasteiger partial charge in [-0.2, -0.15) is 0 Å². The van der Waals surface area contributed by atoms with Crippen LogP contribution in [-0.4, -0.2) is 12.6 Å². The zero-order chi connectivity index (χ0) is 11.1. The van der Waals surface area contributed by atoms with Crippen LogP contribution in [0.3, 0.4) is 0 Å². The molecule has 0 amide bonds. The third kappa shape index (κ3) is 4.15. The molecule has 0 radical (unpaired) electrons. The Morgan fingerprint density at radius 2 is 2.00 bits per heavy atom. The Bertz CT molecular complexity index is 293. The lowest BCUT2D eigenvalue weighted by molar-refractivity contribution is -0.147. The molecule has 2 nitrogen and oxygen atoms in total. The lowest BCUT2D eigenvalue weighted by Crippen LogP contribution is -2.15. The topological polar surface area (TPSA) is 26.3 Å². The SMILES string of the molecule is CC[C@@H](C)C(=O)OCCc1ccccc1. The van der Waals surface area contributed by atoms with Crippen LogP contribution < -0.4 is 0 Å². The Kier molecular flexibility index (Phi) is 4.88. The molecule has 1 aromatic rings. The molecular formula is C13H18O2. The van der Waals surface area contributed by atoms with Crippen molar-refractivity contribution in [2.75, 3.05) is 6.61 Å². The van der Waals surface area contributed by atoms with Crippen molar-refractivity contribution in [3.8, 4) is 0 Å². The first-order valence-corrected chi connectivity index (χ1v) is 5.44. The van der Waals surface area contributed by atoms with Crippen molar-refractivity contribution in [3.05, 3.63) is 35.9 Å². The number of ether oxygens (including phenoxy) is 1. The summed E-state index contributed by atoms with van der Waals surface area (Å²) in [6.45, 7) is 4.36. The molecule has 0 aliphatic rings. The maximum atomic E-state index is 11.3. The molecule has 0 saturated heterocycles. The standard InChI is InChI=1S/C13H18O2/c1-3-11(2)13(14)15-10-9-12-7-5-4-6-8-12/h4-8,11H,3,9-10H2,1-2H3/t11-/m1/s1. The predicted molar refractivity (Wildman–Crippen MR) is 60.6 cm³/mol. The highest BCUT2D eigenvalue weighted by Crippen LogP contribution is 2.05. The summed E-state index contributed by atoms with van der Waals surface area (Å²) in [6, 6.07) is 10.0. The minimum Gasteiger partial charge on any atom is -0.465 e. The summed E-state index contributed by atoms with van der Waals surface area (Å²) in [5.41, 5.74) is 1.20. The highest BCUT2D eigenvalue weighted by molar-refractivity contribution is 5.71. The second-order valence-electron chi connectivity index (χ2n) is 3.71. The number of hydrogen-bond acceptors (Lipinski definition) is 2. The second-order valence-corrected chi connectivity index (χ2v) is 3.71. The van der Waals surface area contributed by atoms with Crippen molar-refractivity contribution in [3.63, 3.8) is 0 Å². The van der Waals surface area contributed by atoms with E-state index in [9.17, 15) is 4.79 Å². The van der Waals surface area contributed by atoms with Crippen molar-refractivity contribution in [2.24, 2.45) is 5.92 Å². The van der Waals surface area contributed by atoms with Crippen LogP contribution in [0.15, 0.2) is 30.3 Å². The van der Waals surface area contributed by atoms with E-state index in [1.807, 2.05) is 44.2 Å². The van der Waals surface area contributed by atoms with Crippen molar-refractivity contribution < 1.29 is 9.53 Å². The zero-order valence-corrected chi connectivity index (χ0v) is 9.40. The molecule has 0 saturated carbocycles. The molecule has 0 aliphatic carbocycles. The molecule has 1 rings (SSSR count). The Labute approximate surface area is 91.3 Å². The second kappa shape index (κ2) is 6.23. The van der Waals surface area contributed by atoms with Gasteiger partial charge < -0.3 is 4.74 Å². The third-order valence-corrected chi connectivity index (χ3v) is 2.49. The number of rotatable bonds is 5. The van der Waals surface area contributed by atoms with Gasteiger partial charge in [-0.05, 0) is 12.0 Å². The Morgan fingerprint density at radius 1 is 1.33 bits per heavy atom. The molecule has 15 heavy (non-hydrogen) atoms. The predicted octanol–water partition coefficient (Wildman–Crippen LogP) is 2.82. The average molecular weight is 206 g/mol. The number of benzene rings is 1. The van der Waals surface area contributed by atoms with Crippen molar-refractivity contribution in [1.82, 2.24) is 0 Å². The van der Waals surface area contributed by atoms with Crippen molar-refractivity contribution in [1.29, 1.82) is 0 Å². The molecule has 2 heteroatoms. The van der Waals surface area contributed by atoms with Crippen molar-refractivity contribution >= 4 is 5.97 Å². The third-order valence-electron chi connectivity index (χ3n) is 2.49. The zero-order valence-electron chi connectivity index (χ0n) is 9.40. The molecule has 0 spiro atoms. The van der Waals surface area contributed by atoms with E-state index in [0.717, 1.165) is 12.8 Å². The fraction of sp³-hybridized carbons (Fsp3) is 0.462. The van der Waals surface area contributed by atoms with Crippen LogP contribution in [0.4, 0.5) is 0 Å². The molecule has 82 valence electrons. The van der Waals surface area contributed by atoms with Crippen LogP contribution in [-0.2, 0) is 16.0 Å². The highest BCUT2D eigenvalue weighted by Gasteiger charge is 2.11. The van der Waals surface area contributed by atoms with Gasteiger partial charge >= 0.3 is 5.97 Å². The lowest BCUT2D eigenvalue weighted by atomic mass is 10.1. The first-order chi connectivity index (χ1) is 7.24. The van der Waals surface area contributed by atoms with E-state index >= 15 is 0 Å². The maximum absolute atomic E-state index is 11.3. The van der Waals surface area contributed by atoms with Gasteiger partial charge in [-0.3, -0.25) is 4.79 Å². The highest BCUT2D eigenvalue weighted by atomic mass is 16.5. The van der Waals surface area contributed by atoms with Gasteiger partial charge in [-0.25, -0.2) is 0 Å². The fourth-order valence-electron chi connectivity index (χ4n) is 1.22. The molecule has 0 aliphatic heterocycles. The van der Waals surface area contributed by atoms with Gasteiger partial charge in [0, 0.05) is 6.42 Å². The van der Waals surface area contributed by atoms with Crippen LogP contribution in [0.5, 0.6) is 0 Å². The Balaban J connectivity index is 2.25. The van der Waals surface area contributed by atoms with Crippen LogP contribution in [0.2, 0.25) is 0 Å². The molecule has 0 aromatic heterocycles. The summed E-state index contributed by atoms with van der Waals surface area (Å²) < 4.78 is 5.16. The van der Waals surface area contributed by atoms with E-state index in [1.54, 1.807) is 0 Å². The van der Waals surface area contributed by atoms with Crippen molar-refractivity contribution in [2.45, 2.75) is 26.7 Å². The molecule has 0 unspecified atom stereocenters. The Hall–Kier alpha value is -1.31. The normalized spacial score (nSPS) is 12.1. The van der Waals surface area contributed by atoms with Gasteiger partial charge in [-0.15, -0.1) is 0 Å². The van der Waals surface area contributed by atoms with E-state index in [1.165, 1.54) is 5.56 Å². The van der Waals surface area contributed by atoms with Gasteiger partial charge in [0.15, 0.2) is 0 Å². The molecule has 1 atom stereocenters. The molecule has 0 N–H and O–H groups in total. The van der Waals surface area contributed by atoms with E-state index in [0.29, 0.717) is 6.61 Å². The van der Waals surface area contributed by atoms with Crippen LogP contribution >= 0.6 is 0 Å². The van der Waals surface area contributed by atoms with E-state index in [2.05, 4.69) is 0 Å². The first-order valence-electron chi connectivity index (χ1n) is 5.44. The quantitative estimate of drug-likeness (QED) is 0.692. The fourth-order valence-corrected chi connectivity index (χ4v) is 1.22. The number of hydrogen-bond donors (Lipinski definition) is 0. The summed E-state index contributed by atoms with van der Waals surface area (Å²) in [5, 5.41) is 0. The van der Waals surface area contributed by atoms with Crippen LogP contribution in [0.25, 0.3) is 0 Å². The number of carbonyl (C=O) groups is 1. The summed E-state index contributed by atoms with van der Waals surface area (Å²) in [4.78, 5) is 11.3. The van der Waals surface area contributed by atoms with E-state index < -0.39 is 0 Å². The lowest BCUT2D eigenvalue weighted by Gasteiger charge is -2.08. The number of esters is 1. The molecular weight excluding hydrogens is 188 g/mol. The average Bonchev–Trinajstić information content (AvgIpc) is 2.29. The maximum Gasteiger partial charge on any atom is 0.308 e. The summed E-state index contributed by atoms with van der Waals surface area (Å²) >= 11 is 0. The van der Waals surface area contributed by atoms with Gasteiger partial charge in [0.2, 0.25) is 0 Å². The van der Waals surface area contributed by atoms with Crippen LogP contribution in [0.1, 0.15) is 25.8 Å².